The number of nitrogens with zero attached hydrogens (tertiary/aromatic N) is 1. The number of carbonyl (C=O) groups excluding carboxylic acids is 1. The number of halogens is 2. The van der Waals surface area contributed by atoms with Gasteiger partial charge in [0.1, 0.15) is 17.7 Å². The molecule has 1 fully saturated rings. The van der Waals surface area contributed by atoms with Gasteiger partial charge >= 0.3 is 0 Å². The molecule has 2 aromatic rings. The molecule has 32 heavy (non-hydrogen) atoms. The van der Waals surface area contributed by atoms with Gasteiger partial charge in [0.05, 0.1) is 32.5 Å². The van der Waals surface area contributed by atoms with Crippen molar-refractivity contribution in [2.45, 2.75) is 38.7 Å². The minimum absolute atomic E-state index is 0.0117. The summed E-state index contributed by atoms with van der Waals surface area (Å²) in [6.07, 6.45) is -0.667. The zero-order valence-electron chi connectivity index (χ0n) is 18.6. The topological polar surface area (TPSA) is 60.0 Å². The summed E-state index contributed by atoms with van der Waals surface area (Å²) in [4.78, 5) is 14.8. The number of carbonyl (C=O) groups is 1. The van der Waals surface area contributed by atoms with Crippen molar-refractivity contribution in [2.24, 2.45) is 0 Å². The minimum Gasteiger partial charge on any atom is -0.497 e. The van der Waals surface area contributed by atoms with Gasteiger partial charge in [0.15, 0.2) is 0 Å². The first-order chi connectivity index (χ1) is 15.4. The Morgan fingerprint density at radius 1 is 1.34 bits per heavy atom. The molecule has 0 aliphatic carbocycles. The molecule has 1 heterocycles. The third-order valence-electron chi connectivity index (χ3n) is 5.52. The number of benzene rings is 2. The predicted molar refractivity (Wildman–Crippen MR) is 121 cm³/mol. The van der Waals surface area contributed by atoms with Crippen molar-refractivity contribution in [2.75, 3.05) is 33.4 Å². The van der Waals surface area contributed by atoms with E-state index in [1.165, 1.54) is 6.07 Å². The average Bonchev–Trinajstić information content (AvgIpc) is 2.79. The van der Waals surface area contributed by atoms with Crippen LogP contribution in [0.5, 0.6) is 5.75 Å². The van der Waals surface area contributed by atoms with Gasteiger partial charge in [-0.15, -0.1) is 0 Å². The number of hydrogen-bond acceptors (Lipinski definition) is 5. The van der Waals surface area contributed by atoms with E-state index >= 15 is 0 Å². The zero-order chi connectivity index (χ0) is 23.1. The molecular formula is C24H30ClFN2O4. The quantitative estimate of drug-likeness (QED) is 0.608. The summed E-state index contributed by atoms with van der Waals surface area (Å²) >= 11 is 6.35. The van der Waals surface area contributed by atoms with Crippen LogP contribution in [-0.4, -0.2) is 56.4 Å². The van der Waals surface area contributed by atoms with Gasteiger partial charge in [-0.25, -0.2) is 4.39 Å². The number of nitrogens with one attached hydrogen (secondary N) is 1. The highest BCUT2D eigenvalue weighted by atomic mass is 35.5. The van der Waals surface area contributed by atoms with Crippen molar-refractivity contribution in [3.05, 3.63) is 64.4 Å². The highest BCUT2D eigenvalue weighted by Crippen LogP contribution is 2.31. The lowest BCUT2D eigenvalue weighted by molar-refractivity contribution is -0.132. The lowest BCUT2D eigenvalue weighted by atomic mass is 10.0. The third-order valence-corrected chi connectivity index (χ3v) is 5.85. The van der Waals surface area contributed by atoms with Crippen molar-refractivity contribution >= 4 is 17.5 Å². The summed E-state index contributed by atoms with van der Waals surface area (Å²) < 4.78 is 31.3. The number of methoxy groups -OCH3 is 1. The molecule has 1 N–H and O–H groups in total. The number of hydrogen-bond donors (Lipinski definition) is 1. The zero-order valence-corrected chi connectivity index (χ0v) is 19.4. The smallest absolute Gasteiger partial charge is 0.248 e. The summed E-state index contributed by atoms with van der Waals surface area (Å²) in [6.45, 7) is 5.92. The molecule has 3 rings (SSSR count). The van der Waals surface area contributed by atoms with Crippen LogP contribution in [0.4, 0.5) is 4.39 Å². The van der Waals surface area contributed by atoms with Crippen LogP contribution in [0.3, 0.4) is 0 Å². The molecule has 0 saturated carbocycles. The summed E-state index contributed by atoms with van der Waals surface area (Å²) in [5, 5.41) is 3.25. The van der Waals surface area contributed by atoms with Crippen LogP contribution in [0.1, 0.15) is 31.0 Å². The van der Waals surface area contributed by atoms with Crippen molar-refractivity contribution in [1.29, 1.82) is 0 Å². The van der Waals surface area contributed by atoms with Crippen LogP contribution in [0.15, 0.2) is 42.5 Å². The maximum atomic E-state index is 14.7. The highest BCUT2D eigenvalue weighted by Gasteiger charge is 2.30. The second-order valence-corrected chi connectivity index (χ2v) is 8.28. The second-order valence-electron chi connectivity index (χ2n) is 7.88. The maximum Gasteiger partial charge on any atom is 0.248 e. The molecule has 1 aliphatic heterocycles. The fourth-order valence-electron chi connectivity index (χ4n) is 3.77. The van der Waals surface area contributed by atoms with Gasteiger partial charge in [0.25, 0.3) is 0 Å². The molecule has 1 amide bonds. The van der Waals surface area contributed by atoms with E-state index in [4.69, 9.17) is 25.8 Å². The first kappa shape index (κ1) is 24.5. The molecule has 0 bridgehead atoms. The molecule has 1 aliphatic rings. The Morgan fingerprint density at radius 2 is 2.12 bits per heavy atom. The van der Waals surface area contributed by atoms with E-state index in [9.17, 15) is 9.18 Å². The molecule has 0 radical (unpaired) electrons. The summed E-state index contributed by atoms with van der Waals surface area (Å²) in [6, 6.07) is 11.7. The Hall–Kier alpha value is -2.19. The lowest BCUT2D eigenvalue weighted by Gasteiger charge is -2.38. The van der Waals surface area contributed by atoms with Gasteiger partial charge in [-0.05, 0) is 43.7 Å². The van der Waals surface area contributed by atoms with Gasteiger partial charge < -0.3 is 19.5 Å². The normalized spacial score (nSPS) is 18.7. The lowest BCUT2D eigenvalue weighted by Crippen LogP contribution is -2.48. The first-order valence-electron chi connectivity index (χ1n) is 10.7. The van der Waals surface area contributed by atoms with Crippen molar-refractivity contribution in [1.82, 2.24) is 10.2 Å². The average molecular weight is 465 g/mol. The number of morpholine rings is 1. The molecule has 3 unspecified atom stereocenters. The summed E-state index contributed by atoms with van der Waals surface area (Å²) in [5.41, 5.74) is 1.29. The Labute approximate surface area is 193 Å². The molecule has 6 nitrogen and oxygen atoms in total. The Kier molecular flexibility index (Phi) is 8.87. The Bertz CT molecular complexity index is 893. The van der Waals surface area contributed by atoms with E-state index < -0.39 is 18.0 Å². The van der Waals surface area contributed by atoms with E-state index in [1.807, 2.05) is 31.2 Å². The van der Waals surface area contributed by atoms with E-state index in [-0.39, 0.29) is 25.2 Å². The van der Waals surface area contributed by atoms with Gasteiger partial charge in [0, 0.05) is 30.2 Å². The molecule has 174 valence electrons. The van der Waals surface area contributed by atoms with Crippen molar-refractivity contribution in [3.8, 4) is 5.75 Å². The van der Waals surface area contributed by atoms with Crippen LogP contribution < -0.4 is 10.1 Å². The monoisotopic (exact) mass is 464 g/mol. The van der Waals surface area contributed by atoms with Gasteiger partial charge in [-0.2, -0.15) is 0 Å². The molecule has 8 heteroatoms. The molecular weight excluding hydrogens is 435 g/mol. The first-order valence-corrected chi connectivity index (χ1v) is 11.1. The number of amides is 1. The number of rotatable bonds is 9. The van der Waals surface area contributed by atoms with Crippen LogP contribution >= 0.6 is 11.6 Å². The molecule has 2 aromatic carbocycles. The van der Waals surface area contributed by atoms with Crippen molar-refractivity contribution in [3.63, 3.8) is 0 Å². The highest BCUT2D eigenvalue weighted by molar-refractivity contribution is 6.31. The SMILES string of the molecule is COc1cccc(COC(C)C(=O)NCC(c2c(F)cccc2Cl)N2CCOC(C)C2)c1. The molecule has 0 aromatic heterocycles. The molecule has 3 atom stereocenters. The summed E-state index contributed by atoms with van der Waals surface area (Å²) in [5.74, 6) is 0.0671. The number of ether oxygens (including phenoxy) is 3. The van der Waals surface area contributed by atoms with Crippen LogP contribution in [0.2, 0.25) is 5.02 Å². The Morgan fingerprint density at radius 3 is 2.84 bits per heavy atom. The molecule has 1 saturated heterocycles. The fraction of sp³-hybridized carbons (Fsp3) is 0.458. The third kappa shape index (κ3) is 6.42. The fourth-order valence-corrected chi connectivity index (χ4v) is 4.06. The molecule has 0 spiro atoms. The predicted octanol–water partition coefficient (Wildman–Crippen LogP) is 3.97. The van der Waals surface area contributed by atoms with Crippen LogP contribution in [0, 0.1) is 5.82 Å². The van der Waals surface area contributed by atoms with E-state index in [0.717, 1.165) is 11.3 Å². The van der Waals surface area contributed by atoms with Gasteiger partial charge in [0.2, 0.25) is 5.91 Å². The van der Waals surface area contributed by atoms with E-state index in [0.29, 0.717) is 30.3 Å². The van der Waals surface area contributed by atoms with Gasteiger partial charge in [-0.3, -0.25) is 9.69 Å². The van der Waals surface area contributed by atoms with E-state index in [1.54, 1.807) is 26.2 Å². The maximum absolute atomic E-state index is 14.7. The van der Waals surface area contributed by atoms with Crippen LogP contribution in [0.25, 0.3) is 0 Å². The summed E-state index contributed by atoms with van der Waals surface area (Å²) in [7, 11) is 1.60. The Balaban J connectivity index is 1.64. The van der Waals surface area contributed by atoms with E-state index in [2.05, 4.69) is 10.2 Å². The van der Waals surface area contributed by atoms with Crippen LogP contribution in [-0.2, 0) is 20.9 Å². The second kappa shape index (κ2) is 11.6. The van der Waals surface area contributed by atoms with Crippen molar-refractivity contribution < 1.29 is 23.4 Å². The largest absolute Gasteiger partial charge is 0.497 e. The van der Waals surface area contributed by atoms with Gasteiger partial charge in [-0.1, -0.05) is 29.8 Å². The standard InChI is InChI=1S/C24H30ClFN2O4/c1-16-14-28(10-11-31-16)22(23-20(25)8-5-9-21(23)26)13-27-24(29)17(2)32-15-18-6-4-7-19(12-18)30-3/h4-9,12,16-17,22H,10-11,13-15H2,1-3H3,(H,27,29). The minimum atomic E-state index is -0.679.